The van der Waals surface area contributed by atoms with Crippen molar-refractivity contribution in [3.05, 3.63) is 64.2 Å². The molecular formula is C26H34N2O3S. The van der Waals surface area contributed by atoms with Gasteiger partial charge in [-0.1, -0.05) is 36.4 Å². The number of benzene rings is 2. The van der Waals surface area contributed by atoms with Crippen molar-refractivity contribution in [2.24, 2.45) is 5.92 Å². The largest absolute Gasteiger partial charge is 0.335 e. The first-order valence-electron chi connectivity index (χ1n) is 11.6. The zero-order valence-corrected chi connectivity index (χ0v) is 20.4. The summed E-state index contributed by atoms with van der Waals surface area (Å²) in [7, 11) is -3.58. The lowest BCUT2D eigenvalue weighted by molar-refractivity contribution is -0.137. The summed E-state index contributed by atoms with van der Waals surface area (Å²) in [6, 6.07) is 12.4. The van der Waals surface area contributed by atoms with Crippen LogP contribution in [0.1, 0.15) is 59.5 Å². The second-order valence-electron chi connectivity index (χ2n) is 9.37. The maximum atomic E-state index is 13.5. The lowest BCUT2D eigenvalue weighted by Crippen LogP contribution is -2.44. The number of likely N-dealkylation sites (tertiary alicyclic amines) is 1. The molecule has 1 atom stereocenters. The Bertz CT molecular complexity index is 1080. The van der Waals surface area contributed by atoms with Gasteiger partial charge >= 0.3 is 0 Å². The van der Waals surface area contributed by atoms with Crippen LogP contribution in [-0.4, -0.2) is 43.2 Å². The van der Waals surface area contributed by atoms with Crippen molar-refractivity contribution in [2.75, 3.05) is 19.6 Å². The molecule has 6 heteroatoms. The van der Waals surface area contributed by atoms with Gasteiger partial charge in [-0.05, 0) is 81.2 Å². The van der Waals surface area contributed by atoms with E-state index in [0.717, 1.165) is 41.6 Å². The molecule has 5 nitrogen and oxygen atoms in total. The summed E-state index contributed by atoms with van der Waals surface area (Å²) >= 11 is 0. The molecule has 2 saturated heterocycles. The smallest absolute Gasteiger partial charge is 0.243 e. The molecule has 0 radical (unpaired) electrons. The molecule has 0 N–H and O–H groups in total. The Labute approximate surface area is 192 Å². The van der Waals surface area contributed by atoms with Crippen LogP contribution < -0.4 is 0 Å². The average molecular weight is 455 g/mol. The Kier molecular flexibility index (Phi) is 6.46. The summed E-state index contributed by atoms with van der Waals surface area (Å²) < 4.78 is 28.7. The third kappa shape index (κ3) is 4.11. The molecule has 32 heavy (non-hydrogen) atoms. The van der Waals surface area contributed by atoms with E-state index < -0.39 is 10.0 Å². The Morgan fingerprint density at radius 3 is 2.06 bits per heavy atom. The van der Waals surface area contributed by atoms with Gasteiger partial charge in [0.1, 0.15) is 0 Å². The van der Waals surface area contributed by atoms with E-state index >= 15 is 0 Å². The van der Waals surface area contributed by atoms with Crippen LogP contribution in [0.15, 0.2) is 41.3 Å². The highest BCUT2D eigenvalue weighted by Crippen LogP contribution is 2.36. The van der Waals surface area contributed by atoms with Crippen molar-refractivity contribution >= 4 is 15.9 Å². The highest BCUT2D eigenvalue weighted by Gasteiger charge is 2.38. The lowest BCUT2D eigenvalue weighted by atomic mass is 9.95. The lowest BCUT2D eigenvalue weighted by Gasteiger charge is -2.35. The summed E-state index contributed by atoms with van der Waals surface area (Å²) in [5.41, 5.74) is 4.85. The molecule has 2 fully saturated rings. The first-order valence-corrected chi connectivity index (χ1v) is 13.1. The molecule has 2 aromatic carbocycles. The number of carbonyl (C=O) groups is 1. The fourth-order valence-electron chi connectivity index (χ4n) is 5.33. The van der Waals surface area contributed by atoms with Crippen molar-refractivity contribution in [2.45, 2.75) is 64.3 Å². The topological polar surface area (TPSA) is 57.7 Å². The number of sulfonamides is 1. The van der Waals surface area contributed by atoms with Gasteiger partial charge in [-0.15, -0.1) is 0 Å². The number of carbonyl (C=O) groups excluding carboxylic acids is 1. The van der Waals surface area contributed by atoms with Gasteiger partial charge in [-0.25, -0.2) is 8.42 Å². The molecule has 0 aromatic heterocycles. The zero-order valence-electron chi connectivity index (χ0n) is 19.6. The quantitative estimate of drug-likeness (QED) is 0.674. The Morgan fingerprint density at radius 1 is 0.875 bits per heavy atom. The fourth-order valence-corrected chi connectivity index (χ4v) is 7.37. The van der Waals surface area contributed by atoms with Gasteiger partial charge in [0, 0.05) is 25.6 Å². The number of rotatable bonds is 4. The molecule has 0 aliphatic carbocycles. The van der Waals surface area contributed by atoms with Crippen LogP contribution in [-0.2, 0) is 14.8 Å². The maximum Gasteiger partial charge on any atom is 0.243 e. The first kappa shape index (κ1) is 23.0. The summed E-state index contributed by atoms with van der Waals surface area (Å²) in [5.74, 6) is 0.0827. The minimum absolute atomic E-state index is 0.104. The molecule has 172 valence electrons. The van der Waals surface area contributed by atoms with Crippen LogP contribution in [0, 0.1) is 33.6 Å². The minimum Gasteiger partial charge on any atom is -0.335 e. The molecule has 0 bridgehead atoms. The number of hydrogen-bond donors (Lipinski definition) is 0. The number of aryl methyl sites for hydroxylation is 2. The third-order valence-corrected chi connectivity index (χ3v) is 9.59. The molecule has 2 aliphatic heterocycles. The Morgan fingerprint density at radius 2 is 1.47 bits per heavy atom. The van der Waals surface area contributed by atoms with Gasteiger partial charge in [-0.2, -0.15) is 4.31 Å². The molecule has 1 amide bonds. The monoisotopic (exact) mass is 454 g/mol. The maximum absolute atomic E-state index is 13.5. The predicted molar refractivity (Wildman–Crippen MR) is 127 cm³/mol. The predicted octanol–water partition coefficient (Wildman–Crippen LogP) is 4.68. The molecule has 2 heterocycles. The van der Waals surface area contributed by atoms with Gasteiger partial charge in [0.15, 0.2) is 0 Å². The van der Waals surface area contributed by atoms with Gasteiger partial charge < -0.3 is 4.90 Å². The normalized spacial score (nSPS) is 20.6. The third-order valence-electron chi connectivity index (χ3n) is 7.42. The van der Waals surface area contributed by atoms with Gasteiger partial charge in [0.25, 0.3) is 0 Å². The minimum atomic E-state index is -3.58. The zero-order chi connectivity index (χ0) is 23.0. The summed E-state index contributed by atoms with van der Waals surface area (Å²) in [6.07, 6.45) is 3.18. The van der Waals surface area contributed by atoms with Crippen molar-refractivity contribution in [3.63, 3.8) is 0 Å². The molecule has 4 rings (SSSR count). The van der Waals surface area contributed by atoms with Gasteiger partial charge in [0.05, 0.1) is 10.9 Å². The van der Waals surface area contributed by atoms with E-state index in [1.165, 1.54) is 5.56 Å². The summed E-state index contributed by atoms with van der Waals surface area (Å²) in [6.45, 7) is 9.29. The second kappa shape index (κ2) is 8.99. The Balaban J connectivity index is 1.48. The highest BCUT2D eigenvalue weighted by molar-refractivity contribution is 7.89. The molecule has 0 spiro atoms. The van der Waals surface area contributed by atoms with Crippen LogP contribution in [0.4, 0.5) is 0 Å². The summed E-state index contributed by atoms with van der Waals surface area (Å²) in [5, 5.41) is 0. The van der Waals surface area contributed by atoms with Crippen molar-refractivity contribution < 1.29 is 13.2 Å². The average Bonchev–Trinajstić information content (AvgIpc) is 3.28. The van der Waals surface area contributed by atoms with Crippen LogP contribution in [0.25, 0.3) is 0 Å². The second-order valence-corrected chi connectivity index (χ2v) is 11.2. The molecule has 2 aliphatic rings. The molecule has 0 saturated carbocycles. The van der Waals surface area contributed by atoms with E-state index in [2.05, 4.69) is 12.1 Å². The molecule has 2 aromatic rings. The van der Waals surface area contributed by atoms with Crippen LogP contribution in [0.3, 0.4) is 0 Å². The van der Waals surface area contributed by atoms with Crippen molar-refractivity contribution in [3.8, 4) is 0 Å². The van der Waals surface area contributed by atoms with E-state index in [1.54, 1.807) is 4.31 Å². The van der Waals surface area contributed by atoms with E-state index in [-0.39, 0.29) is 17.9 Å². The number of nitrogens with zero attached hydrogens (tertiary/aromatic N) is 2. The highest BCUT2D eigenvalue weighted by atomic mass is 32.2. The van der Waals surface area contributed by atoms with Crippen LogP contribution in [0.5, 0.6) is 0 Å². The van der Waals surface area contributed by atoms with E-state index in [4.69, 9.17) is 0 Å². The fraction of sp³-hybridized carbons (Fsp3) is 0.500. The molecular weight excluding hydrogens is 420 g/mol. The number of amides is 1. The standard InChI is InChI=1S/C26H34N2O3S/c1-18-17-19(2)21(4)25(20(18)3)32(30,31)27-15-12-23(13-16-27)26(29)28-14-8-11-24(28)22-9-6-5-7-10-22/h5-7,9-10,17,23-24H,8,11-16H2,1-4H3/t24-/m0/s1. The van der Waals surface area contributed by atoms with E-state index in [9.17, 15) is 13.2 Å². The van der Waals surface area contributed by atoms with Crippen molar-refractivity contribution in [1.82, 2.24) is 9.21 Å². The summed E-state index contributed by atoms with van der Waals surface area (Å²) in [4.78, 5) is 15.8. The number of hydrogen-bond acceptors (Lipinski definition) is 3. The van der Waals surface area contributed by atoms with Gasteiger partial charge in [0.2, 0.25) is 15.9 Å². The SMILES string of the molecule is Cc1cc(C)c(C)c(S(=O)(=O)N2CCC(C(=O)N3CCC[C@H]3c3ccccc3)CC2)c1C. The van der Waals surface area contributed by atoms with Gasteiger partial charge in [-0.3, -0.25) is 4.79 Å². The number of piperidine rings is 1. The molecule has 0 unspecified atom stereocenters. The van der Waals surface area contributed by atoms with Crippen LogP contribution >= 0.6 is 0 Å². The van der Waals surface area contributed by atoms with Crippen LogP contribution in [0.2, 0.25) is 0 Å². The van der Waals surface area contributed by atoms with Crippen molar-refractivity contribution in [1.29, 1.82) is 0 Å². The van der Waals surface area contributed by atoms with E-state index in [0.29, 0.717) is 30.8 Å². The van der Waals surface area contributed by atoms with E-state index in [1.807, 2.05) is 56.9 Å². The first-order chi connectivity index (χ1) is 15.2. The Hall–Kier alpha value is -2.18.